The average molecular weight is 496 g/mol. The van der Waals surface area contributed by atoms with Gasteiger partial charge in [0.1, 0.15) is 0 Å². The second-order valence-electron chi connectivity index (χ2n) is 11.5. The van der Waals surface area contributed by atoms with Crippen LogP contribution in [-0.2, 0) is 4.79 Å². The van der Waals surface area contributed by atoms with Crippen LogP contribution in [0.3, 0.4) is 0 Å². The molecule has 7 heteroatoms. The number of aromatic nitrogens is 1. The highest BCUT2D eigenvalue weighted by molar-refractivity contribution is 5.94. The van der Waals surface area contributed by atoms with Crippen LogP contribution < -0.4 is 5.32 Å². The van der Waals surface area contributed by atoms with Crippen LogP contribution in [-0.4, -0.2) is 89.4 Å². The molecule has 4 saturated heterocycles. The summed E-state index contributed by atoms with van der Waals surface area (Å²) in [6.45, 7) is 7.55. The van der Waals surface area contributed by atoms with E-state index in [1.165, 1.54) is 71.1 Å². The summed E-state index contributed by atoms with van der Waals surface area (Å²) in [6.07, 6.45) is 15.6. The van der Waals surface area contributed by atoms with Gasteiger partial charge in [0.05, 0.1) is 5.56 Å². The first-order valence-electron chi connectivity index (χ1n) is 14.6. The number of rotatable bonds is 9. The van der Waals surface area contributed by atoms with Gasteiger partial charge in [0.25, 0.3) is 5.91 Å². The molecule has 0 unspecified atom stereocenters. The molecule has 1 N–H and O–H groups in total. The Labute approximate surface area is 217 Å². The van der Waals surface area contributed by atoms with Crippen LogP contribution in [0.5, 0.6) is 0 Å². The number of likely N-dealkylation sites (tertiary alicyclic amines) is 2. The van der Waals surface area contributed by atoms with E-state index >= 15 is 0 Å². The highest BCUT2D eigenvalue weighted by atomic mass is 16.2. The van der Waals surface area contributed by atoms with Crippen LogP contribution in [0.15, 0.2) is 24.5 Å². The van der Waals surface area contributed by atoms with Crippen molar-refractivity contribution in [3.63, 3.8) is 0 Å². The van der Waals surface area contributed by atoms with E-state index in [0.29, 0.717) is 29.9 Å². The van der Waals surface area contributed by atoms with Crippen LogP contribution >= 0.6 is 0 Å². The lowest BCUT2D eigenvalue weighted by Gasteiger charge is -2.57. The second kappa shape index (κ2) is 12.5. The van der Waals surface area contributed by atoms with E-state index in [1.807, 2.05) is 12.1 Å². The van der Waals surface area contributed by atoms with E-state index in [9.17, 15) is 9.59 Å². The second-order valence-corrected chi connectivity index (χ2v) is 11.5. The minimum atomic E-state index is 0.122. The Bertz CT molecular complexity index is 856. The van der Waals surface area contributed by atoms with E-state index in [-0.39, 0.29) is 17.9 Å². The molecular formula is C29H45N5O2. The smallest absolute Gasteiger partial charge is 0.255 e. The first-order valence-corrected chi connectivity index (χ1v) is 14.6. The molecule has 0 aromatic carbocycles. The third-order valence-corrected chi connectivity index (χ3v) is 9.17. The largest absolute Gasteiger partial charge is 0.356 e. The number of carbonyl (C=O) groups is 2. The maximum Gasteiger partial charge on any atom is 0.255 e. The fraction of sp³-hybridized carbons (Fsp3) is 0.759. The van der Waals surface area contributed by atoms with Crippen molar-refractivity contribution >= 4 is 11.8 Å². The van der Waals surface area contributed by atoms with Gasteiger partial charge in [-0.1, -0.05) is 6.42 Å². The quantitative estimate of drug-likeness (QED) is 0.531. The van der Waals surface area contributed by atoms with Crippen molar-refractivity contribution in [1.29, 1.82) is 0 Å². The number of nitrogens with zero attached hydrogens (tertiary/aromatic N) is 4. The maximum absolute atomic E-state index is 13.6. The first-order chi connectivity index (χ1) is 17.7. The van der Waals surface area contributed by atoms with Crippen molar-refractivity contribution in [1.82, 2.24) is 25.0 Å². The standard InChI is InChI=1S/C29H45N5O2/c35-27(31-15-8-18-32-16-2-1-3-17-32)13-4-12-26-25-11-7-20-33-19-6-10-24(28(25)33)22-34(26)29(36)23-9-5-14-30-21-23/h5,9,14,21,24-26,28H,1-4,6-8,10-13,15-20,22H2,(H,31,35)/t24-,25+,26+,28-/m0/s1. The summed E-state index contributed by atoms with van der Waals surface area (Å²) in [6, 6.07) is 4.57. The molecule has 4 atom stereocenters. The molecule has 0 bridgehead atoms. The van der Waals surface area contributed by atoms with Crippen molar-refractivity contribution in [3.05, 3.63) is 30.1 Å². The molecule has 36 heavy (non-hydrogen) atoms. The summed E-state index contributed by atoms with van der Waals surface area (Å²) in [4.78, 5) is 37.9. The third-order valence-electron chi connectivity index (χ3n) is 9.17. The minimum Gasteiger partial charge on any atom is -0.356 e. The molecule has 4 aliphatic heterocycles. The lowest BCUT2D eigenvalue weighted by molar-refractivity contribution is -0.121. The fourth-order valence-corrected chi connectivity index (χ4v) is 7.53. The number of hydrogen-bond acceptors (Lipinski definition) is 5. The molecule has 7 nitrogen and oxygen atoms in total. The topological polar surface area (TPSA) is 68.8 Å². The van der Waals surface area contributed by atoms with Gasteiger partial charge in [-0.2, -0.15) is 0 Å². The molecule has 2 amide bonds. The summed E-state index contributed by atoms with van der Waals surface area (Å²) in [5.74, 6) is 1.38. The molecule has 5 rings (SSSR count). The Kier molecular flexibility index (Phi) is 8.91. The molecule has 0 spiro atoms. The number of hydrogen-bond donors (Lipinski definition) is 1. The zero-order valence-corrected chi connectivity index (χ0v) is 22.0. The third kappa shape index (κ3) is 6.10. The lowest BCUT2D eigenvalue weighted by Crippen LogP contribution is -2.65. The molecule has 198 valence electrons. The van der Waals surface area contributed by atoms with Gasteiger partial charge in [-0.05, 0) is 114 Å². The molecular weight excluding hydrogens is 450 g/mol. The Morgan fingerprint density at radius 2 is 1.83 bits per heavy atom. The van der Waals surface area contributed by atoms with E-state index in [1.54, 1.807) is 12.4 Å². The van der Waals surface area contributed by atoms with Gasteiger partial charge in [0.15, 0.2) is 0 Å². The Hall–Kier alpha value is -1.99. The average Bonchev–Trinajstić information content (AvgIpc) is 2.93. The highest BCUT2D eigenvalue weighted by Gasteiger charge is 2.49. The lowest BCUT2D eigenvalue weighted by atomic mass is 9.69. The van der Waals surface area contributed by atoms with E-state index in [0.717, 1.165) is 38.9 Å². The zero-order chi connectivity index (χ0) is 24.7. The van der Waals surface area contributed by atoms with Crippen LogP contribution in [0.2, 0.25) is 0 Å². The van der Waals surface area contributed by atoms with E-state index < -0.39 is 0 Å². The number of amides is 2. The highest BCUT2D eigenvalue weighted by Crippen LogP contribution is 2.43. The van der Waals surface area contributed by atoms with Gasteiger partial charge >= 0.3 is 0 Å². The first kappa shape index (κ1) is 25.7. The van der Waals surface area contributed by atoms with Gasteiger partial charge in [0.2, 0.25) is 5.91 Å². The molecule has 1 aromatic heterocycles. The van der Waals surface area contributed by atoms with Crippen LogP contribution in [0, 0.1) is 11.8 Å². The maximum atomic E-state index is 13.6. The van der Waals surface area contributed by atoms with Crippen molar-refractivity contribution < 1.29 is 9.59 Å². The predicted octanol–water partition coefficient (Wildman–Crippen LogP) is 3.56. The van der Waals surface area contributed by atoms with Crippen LogP contribution in [0.1, 0.15) is 81.0 Å². The number of nitrogens with one attached hydrogen (secondary N) is 1. The fourth-order valence-electron chi connectivity index (χ4n) is 7.53. The summed E-state index contributed by atoms with van der Waals surface area (Å²) in [5.41, 5.74) is 0.691. The monoisotopic (exact) mass is 495 g/mol. The van der Waals surface area contributed by atoms with Crippen molar-refractivity contribution in [2.24, 2.45) is 11.8 Å². The van der Waals surface area contributed by atoms with Gasteiger partial charge in [0, 0.05) is 44.0 Å². The minimum absolute atomic E-state index is 0.122. The SMILES string of the molecule is O=C(CCC[C@@H]1[C@H]2CCCN3CCC[C@@H](CN1C(=O)c1cccnc1)[C@@H]23)NCCCN1CCCCC1. The molecule has 4 aliphatic rings. The summed E-state index contributed by atoms with van der Waals surface area (Å²) in [7, 11) is 0. The van der Waals surface area contributed by atoms with Crippen LogP contribution in [0.4, 0.5) is 0 Å². The van der Waals surface area contributed by atoms with Gasteiger partial charge < -0.3 is 15.1 Å². The number of pyridine rings is 1. The van der Waals surface area contributed by atoms with Gasteiger partial charge in [-0.3, -0.25) is 19.5 Å². The molecule has 0 saturated carbocycles. The van der Waals surface area contributed by atoms with E-state index in [2.05, 4.69) is 25.0 Å². The van der Waals surface area contributed by atoms with E-state index in [4.69, 9.17) is 0 Å². The van der Waals surface area contributed by atoms with Crippen molar-refractivity contribution in [2.45, 2.75) is 82.7 Å². The predicted molar refractivity (Wildman–Crippen MR) is 142 cm³/mol. The Morgan fingerprint density at radius 1 is 1.00 bits per heavy atom. The van der Waals surface area contributed by atoms with Gasteiger partial charge in [-0.25, -0.2) is 0 Å². The summed E-state index contributed by atoms with van der Waals surface area (Å²) >= 11 is 0. The molecule has 5 heterocycles. The molecule has 1 aromatic rings. The van der Waals surface area contributed by atoms with Crippen molar-refractivity contribution in [3.8, 4) is 0 Å². The zero-order valence-electron chi connectivity index (χ0n) is 22.0. The molecule has 0 radical (unpaired) electrons. The van der Waals surface area contributed by atoms with Gasteiger partial charge in [-0.15, -0.1) is 0 Å². The summed E-state index contributed by atoms with van der Waals surface area (Å²) < 4.78 is 0. The Morgan fingerprint density at radius 3 is 2.64 bits per heavy atom. The number of carbonyl (C=O) groups excluding carboxylic acids is 2. The molecule has 0 aliphatic carbocycles. The normalized spacial score (nSPS) is 28.9. The number of piperidine rings is 4. The Balaban J connectivity index is 1.16. The van der Waals surface area contributed by atoms with Crippen LogP contribution in [0.25, 0.3) is 0 Å². The molecule has 4 fully saturated rings. The summed E-state index contributed by atoms with van der Waals surface area (Å²) in [5, 5.41) is 3.15. The van der Waals surface area contributed by atoms with Crippen molar-refractivity contribution in [2.75, 3.05) is 45.8 Å².